The molecule has 7 heteroatoms. The second-order valence-corrected chi connectivity index (χ2v) is 5.13. The van der Waals surface area contributed by atoms with Crippen LogP contribution in [0.1, 0.15) is 6.92 Å². The van der Waals surface area contributed by atoms with E-state index >= 15 is 0 Å². The van der Waals surface area contributed by atoms with Crippen molar-refractivity contribution in [1.82, 2.24) is 9.97 Å². The SMILES string of the molecule is CC(=O)Oc1ccc2ncnc(Nc3cccc(Cl)c3F)c2c1. The largest absolute Gasteiger partial charge is 0.427 e. The molecule has 0 aliphatic heterocycles. The molecule has 0 fully saturated rings. The van der Waals surface area contributed by atoms with Crippen molar-refractivity contribution in [2.24, 2.45) is 0 Å². The Balaban J connectivity index is 2.06. The molecule has 5 nitrogen and oxygen atoms in total. The van der Waals surface area contributed by atoms with Gasteiger partial charge in [0.25, 0.3) is 0 Å². The molecule has 1 aromatic heterocycles. The van der Waals surface area contributed by atoms with Crippen molar-refractivity contribution in [3.63, 3.8) is 0 Å². The predicted molar refractivity (Wildman–Crippen MR) is 85.5 cm³/mol. The summed E-state index contributed by atoms with van der Waals surface area (Å²) in [6.45, 7) is 1.31. The maximum absolute atomic E-state index is 14.0. The normalized spacial score (nSPS) is 10.6. The zero-order chi connectivity index (χ0) is 16.4. The summed E-state index contributed by atoms with van der Waals surface area (Å²) in [6, 6.07) is 9.56. The monoisotopic (exact) mass is 331 g/mol. The van der Waals surface area contributed by atoms with E-state index in [0.29, 0.717) is 22.5 Å². The van der Waals surface area contributed by atoms with Gasteiger partial charge in [0.2, 0.25) is 0 Å². The van der Waals surface area contributed by atoms with Crippen LogP contribution in [0.4, 0.5) is 15.9 Å². The van der Waals surface area contributed by atoms with Gasteiger partial charge in [0.15, 0.2) is 5.82 Å². The molecule has 0 atom stereocenters. The molecule has 0 radical (unpaired) electrons. The molecule has 0 aliphatic carbocycles. The molecular formula is C16H11ClFN3O2. The first-order valence-corrected chi connectivity index (χ1v) is 7.06. The minimum atomic E-state index is -0.572. The van der Waals surface area contributed by atoms with Crippen molar-refractivity contribution in [2.45, 2.75) is 6.92 Å². The number of nitrogens with one attached hydrogen (secondary N) is 1. The number of hydrogen-bond donors (Lipinski definition) is 1. The molecule has 23 heavy (non-hydrogen) atoms. The third kappa shape index (κ3) is 3.22. The number of carbonyl (C=O) groups is 1. The fourth-order valence-corrected chi connectivity index (χ4v) is 2.27. The smallest absolute Gasteiger partial charge is 0.308 e. The molecule has 1 heterocycles. The Bertz CT molecular complexity index is 902. The average molecular weight is 332 g/mol. The summed E-state index contributed by atoms with van der Waals surface area (Å²) >= 11 is 5.78. The summed E-state index contributed by atoms with van der Waals surface area (Å²) < 4.78 is 19.1. The number of aromatic nitrogens is 2. The number of halogens is 2. The Labute approximate surface area is 136 Å². The summed E-state index contributed by atoms with van der Waals surface area (Å²) in [7, 11) is 0. The van der Waals surface area contributed by atoms with E-state index in [2.05, 4.69) is 15.3 Å². The van der Waals surface area contributed by atoms with Gasteiger partial charge in [0, 0.05) is 12.3 Å². The highest BCUT2D eigenvalue weighted by Crippen LogP contribution is 2.29. The van der Waals surface area contributed by atoms with Crippen LogP contribution in [0.25, 0.3) is 10.9 Å². The van der Waals surface area contributed by atoms with Gasteiger partial charge in [0.05, 0.1) is 16.2 Å². The molecule has 116 valence electrons. The Morgan fingerprint density at radius 3 is 2.87 bits per heavy atom. The molecule has 0 saturated carbocycles. The van der Waals surface area contributed by atoms with Crippen molar-refractivity contribution >= 4 is 40.0 Å². The van der Waals surface area contributed by atoms with Gasteiger partial charge in [-0.2, -0.15) is 0 Å². The number of fused-ring (bicyclic) bond motifs is 1. The number of carbonyl (C=O) groups excluding carboxylic acids is 1. The number of anilines is 2. The Kier molecular flexibility index (Phi) is 4.08. The number of esters is 1. The number of rotatable bonds is 3. The van der Waals surface area contributed by atoms with Crippen LogP contribution < -0.4 is 10.1 Å². The van der Waals surface area contributed by atoms with Gasteiger partial charge in [-0.25, -0.2) is 14.4 Å². The van der Waals surface area contributed by atoms with Crippen LogP contribution >= 0.6 is 11.6 Å². The van der Waals surface area contributed by atoms with Gasteiger partial charge in [-0.15, -0.1) is 0 Å². The summed E-state index contributed by atoms with van der Waals surface area (Å²) in [5, 5.41) is 3.48. The molecule has 2 aromatic carbocycles. The van der Waals surface area contributed by atoms with E-state index in [0.717, 1.165) is 0 Å². The van der Waals surface area contributed by atoms with Crippen molar-refractivity contribution in [2.75, 3.05) is 5.32 Å². The van der Waals surface area contributed by atoms with E-state index in [9.17, 15) is 9.18 Å². The van der Waals surface area contributed by atoms with Crippen LogP contribution in [-0.2, 0) is 4.79 Å². The lowest BCUT2D eigenvalue weighted by Crippen LogP contribution is -2.02. The van der Waals surface area contributed by atoms with E-state index in [1.165, 1.54) is 19.3 Å². The Morgan fingerprint density at radius 2 is 2.09 bits per heavy atom. The summed E-state index contributed by atoms with van der Waals surface area (Å²) in [5.41, 5.74) is 0.816. The average Bonchev–Trinajstić information content (AvgIpc) is 2.52. The lowest BCUT2D eigenvalue weighted by atomic mass is 10.2. The van der Waals surface area contributed by atoms with Crippen molar-refractivity contribution in [3.05, 3.63) is 53.6 Å². The third-order valence-electron chi connectivity index (χ3n) is 3.07. The van der Waals surface area contributed by atoms with E-state index in [1.807, 2.05) is 0 Å². The van der Waals surface area contributed by atoms with E-state index in [4.69, 9.17) is 16.3 Å². The highest BCUT2D eigenvalue weighted by atomic mass is 35.5. The van der Waals surface area contributed by atoms with E-state index < -0.39 is 11.8 Å². The van der Waals surface area contributed by atoms with Crippen LogP contribution in [0.2, 0.25) is 5.02 Å². The van der Waals surface area contributed by atoms with Crippen LogP contribution in [0.3, 0.4) is 0 Å². The number of benzene rings is 2. The number of nitrogens with zero attached hydrogens (tertiary/aromatic N) is 2. The molecule has 0 unspecified atom stereocenters. The van der Waals surface area contributed by atoms with Gasteiger partial charge in [-0.05, 0) is 30.3 Å². The summed E-state index contributed by atoms with van der Waals surface area (Å²) in [6.07, 6.45) is 1.36. The second-order valence-electron chi connectivity index (χ2n) is 4.72. The molecule has 0 spiro atoms. The highest BCUT2D eigenvalue weighted by molar-refractivity contribution is 6.31. The maximum Gasteiger partial charge on any atom is 0.308 e. The van der Waals surface area contributed by atoms with Crippen molar-refractivity contribution < 1.29 is 13.9 Å². The quantitative estimate of drug-likeness (QED) is 0.578. The summed E-state index contributed by atoms with van der Waals surface area (Å²) in [4.78, 5) is 19.3. The molecular weight excluding hydrogens is 321 g/mol. The van der Waals surface area contributed by atoms with Gasteiger partial charge in [-0.1, -0.05) is 17.7 Å². The maximum atomic E-state index is 14.0. The fraction of sp³-hybridized carbons (Fsp3) is 0.0625. The zero-order valence-electron chi connectivity index (χ0n) is 12.0. The highest BCUT2D eigenvalue weighted by Gasteiger charge is 2.11. The van der Waals surface area contributed by atoms with E-state index in [1.54, 1.807) is 30.3 Å². The standard InChI is InChI=1S/C16H11ClFN3O2/c1-9(22)23-10-5-6-13-11(7-10)16(20-8-19-13)21-14-4-2-3-12(17)15(14)18/h2-8H,1H3,(H,19,20,21). The molecule has 0 bridgehead atoms. The van der Waals surface area contributed by atoms with Crippen molar-refractivity contribution in [3.8, 4) is 5.75 Å². The Morgan fingerprint density at radius 1 is 1.26 bits per heavy atom. The van der Waals surface area contributed by atoms with Crippen LogP contribution in [0, 0.1) is 5.82 Å². The first-order valence-electron chi connectivity index (χ1n) is 6.69. The van der Waals surface area contributed by atoms with E-state index in [-0.39, 0.29) is 10.7 Å². The van der Waals surface area contributed by atoms with Crippen LogP contribution in [0.5, 0.6) is 5.75 Å². The summed E-state index contributed by atoms with van der Waals surface area (Å²) in [5.74, 6) is -0.270. The molecule has 3 aromatic rings. The second kappa shape index (κ2) is 6.18. The molecule has 0 amide bonds. The lowest BCUT2D eigenvalue weighted by molar-refractivity contribution is -0.131. The van der Waals surface area contributed by atoms with Gasteiger partial charge >= 0.3 is 5.97 Å². The first-order chi connectivity index (χ1) is 11.0. The molecule has 0 aliphatic rings. The van der Waals surface area contributed by atoms with Gasteiger partial charge in [0.1, 0.15) is 17.9 Å². The van der Waals surface area contributed by atoms with Crippen molar-refractivity contribution in [1.29, 1.82) is 0 Å². The number of ether oxygens (including phenoxy) is 1. The Hall–Kier alpha value is -2.73. The lowest BCUT2D eigenvalue weighted by Gasteiger charge is -2.10. The number of hydrogen-bond acceptors (Lipinski definition) is 5. The molecule has 0 saturated heterocycles. The minimum Gasteiger partial charge on any atom is -0.427 e. The van der Waals surface area contributed by atoms with Crippen LogP contribution in [-0.4, -0.2) is 15.9 Å². The minimum absolute atomic E-state index is 0.00830. The van der Waals surface area contributed by atoms with Gasteiger partial charge < -0.3 is 10.1 Å². The third-order valence-corrected chi connectivity index (χ3v) is 3.36. The first kappa shape index (κ1) is 15.2. The molecule has 1 N–H and O–H groups in total. The fourth-order valence-electron chi connectivity index (χ4n) is 2.09. The van der Waals surface area contributed by atoms with Gasteiger partial charge in [-0.3, -0.25) is 4.79 Å². The van der Waals surface area contributed by atoms with Crippen LogP contribution in [0.15, 0.2) is 42.7 Å². The predicted octanol–water partition coefficient (Wildman–Crippen LogP) is 4.09. The molecule has 3 rings (SSSR count). The topological polar surface area (TPSA) is 64.1 Å². The zero-order valence-corrected chi connectivity index (χ0v) is 12.8.